The summed E-state index contributed by atoms with van der Waals surface area (Å²) < 4.78 is 0. The Morgan fingerprint density at radius 1 is 1.44 bits per heavy atom. The van der Waals surface area contributed by atoms with Crippen molar-refractivity contribution in [2.24, 2.45) is 11.7 Å². The fourth-order valence-electron chi connectivity index (χ4n) is 1.37. The third-order valence-electron chi connectivity index (χ3n) is 2.12. The number of piperidine rings is 1. The summed E-state index contributed by atoms with van der Waals surface area (Å²) in [4.78, 5) is 0. The first kappa shape index (κ1) is 9.50. The molecule has 2 rings (SSSR count). The minimum absolute atomic E-state index is 0. The second-order valence-electron chi connectivity index (χ2n) is 2.77. The van der Waals surface area contributed by atoms with E-state index in [1.165, 1.54) is 6.42 Å². The van der Waals surface area contributed by atoms with Gasteiger partial charge < -0.3 is 11.1 Å². The Kier molecular flexibility index (Phi) is 2.77. The SMILES string of the molecule is Cl.Cl.NC12CNCC1C2. The first-order valence-corrected chi connectivity index (χ1v) is 2.81. The minimum atomic E-state index is 0. The Morgan fingerprint density at radius 3 is 2.22 bits per heavy atom. The molecular weight excluding hydrogens is 159 g/mol. The van der Waals surface area contributed by atoms with Crippen molar-refractivity contribution in [3.63, 3.8) is 0 Å². The van der Waals surface area contributed by atoms with Gasteiger partial charge in [0.2, 0.25) is 0 Å². The van der Waals surface area contributed by atoms with Crippen LogP contribution in [-0.2, 0) is 0 Å². The van der Waals surface area contributed by atoms with E-state index in [-0.39, 0.29) is 30.4 Å². The summed E-state index contributed by atoms with van der Waals surface area (Å²) in [5, 5.41) is 3.24. The number of halogens is 2. The highest BCUT2D eigenvalue weighted by molar-refractivity contribution is 5.85. The van der Waals surface area contributed by atoms with Crippen molar-refractivity contribution in [1.29, 1.82) is 0 Å². The first-order chi connectivity index (χ1) is 3.31. The summed E-state index contributed by atoms with van der Waals surface area (Å²) in [6, 6.07) is 0. The lowest BCUT2D eigenvalue weighted by atomic mass is 10.3. The molecule has 2 unspecified atom stereocenters. The summed E-state index contributed by atoms with van der Waals surface area (Å²) >= 11 is 0. The topological polar surface area (TPSA) is 38.0 Å². The molecule has 2 fully saturated rings. The van der Waals surface area contributed by atoms with Crippen molar-refractivity contribution in [3.05, 3.63) is 0 Å². The third-order valence-corrected chi connectivity index (χ3v) is 2.12. The van der Waals surface area contributed by atoms with Gasteiger partial charge in [-0.15, -0.1) is 24.8 Å². The minimum Gasteiger partial charge on any atom is -0.324 e. The lowest BCUT2D eigenvalue weighted by Gasteiger charge is -1.98. The van der Waals surface area contributed by atoms with E-state index in [0.29, 0.717) is 0 Å². The zero-order valence-electron chi connectivity index (χ0n) is 5.09. The predicted octanol–water partition coefficient (Wildman–Crippen LogP) is 0.151. The van der Waals surface area contributed by atoms with Gasteiger partial charge in [-0.05, 0) is 18.9 Å². The van der Waals surface area contributed by atoms with Crippen LogP contribution in [0.25, 0.3) is 0 Å². The van der Waals surface area contributed by atoms with Gasteiger partial charge in [0, 0.05) is 12.1 Å². The number of hydrogen-bond acceptors (Lipinski definition) is 2. The number of nitrogens with two attached hydrogens (primary N) is 1. The van der Waals surface area contributed by atoms with Crippen LogP contribution in [-0.4, -0.2) is 18.6 Å². The fraction of sp³-hybridized carbons (Fsp3) is 1.00. The average molecular weight is 171 g/mol. The fourth-order valence-corrected chi connectivity index (χ4v) is 1.37. The van der Waals surface area contributed by atoms with Crippen molar-refractivity contribution in [2.75, 3.05) is 13.1 Å². The van der Waals surface area contributed by atoms with Crippen LogP contribution >= 0.6 is 24.8 Å². The summed E-state index contributed by atoms with van der Waals surface area (Å²) in [6.45, 7) is 2.22. The van der Waals surface area contributed by atoms with Crippen LogP contribution in [0.5, 0.6) is 0 Å². The highest BCUT2D eigenvalue weighted by Gasteiger charge is 2.53. The molecule has 3 N–H and O–H groups in total. The van der Waals surface area contributed by atoms with Crippen LogP contribution in [0.2, 0.25) is 0 Å². The molecule has 0 amide bonds. The van der Waals surface area contributed by atoms with Crippen LogP contribution < -0.4 is 11.1 Å². The first-order valence-electron chi connectivity index (χ1n) is 2.81. The summed E-state index contributed by atoms with van der Waals surface area (Å²) in [5.41, 5.74) is 6.04. The van der Waals surface area contributed by atoms with Crippen molar-refractivity contribution in [3.8, 4) is 0 Å². The Morgan fingerprint density at radius 2 is 2.11 bits per heavy atom. The van der Waals surface area contributed by atoms with E-state index >= 15 is 0 Å². The van der Waals surface area contributed by atoms with Gasteiger partial charge in [-0.1, -0.05) is 0 Å². The molecule has 2 aliphatic rings. The molecule has 0 radical (unpaired) electrons. The van der Waals surface area contributed by atoms with Crippen LogP contribution in [0.1, 0.15) is 6.42 Å². The third kappa shape index (κ3) is 1.32. The maximum atomic E-state index is 5.79. The van der Waals surface area contributed by atoms with E-state index in [9.17, 15) is 0 Å². The van der Waals surface area contributed by atoms with E-state index in [2.05, 4.69) is 5.32 Å². The van der Waals surface area contributed by atoms with Crippen molar-refractivity contribution < 1.29 is 0 Å². The Bertz CT molecular complexity index is 107. The smallest absolute Gasteiger partial charge is 0.0326 e. The van der Waals surface area contributed by atoms with Gasteiger partial charge in [0.05, 0.1) is 0 Å². The van der Waals surface area contributed by atoms with E-state index in [1.54, 1.807) is 0 Å². The zero-order valence-corrected chi connectivity index (χ0v) is 6.73. The molecule has 1 saturated heterocycles. The maximum Gasteiger partial charge on any atom is 0.0326 e. The Hall–Kier alpha value is 0.500. The van der Waals surface area contributed by atoms with Gasteiger partial charge in [-0.3, -0.25) is 0 Å². The van der Waals surface area contributed by atoms with Gasteiger partial charge in [0.25, 0.3) is 0 Å². The number of rotatable bonds is 0. The van der Waals surface area contributed by atoms with Gasteiger partial charge in [-0.25, -0.2) is 0 Å². The highest BCUT2D eigenvalue weighted by Crippen LogP contribution is 2.43. The van der Waals surface area contributed by atoms with Crippen LogP contribution in [0.3, 0.4) is 0 Å². The molecule has 1 aliphatic carbocycles. The summed E-state index contributed by atoms with van der Waals surface area (Å²) in [6.07, 6.45) is 1.26. The normalized spacial score (nSPS) is 44.3. The van der Waals surface area contributed by atoms with Crippen molar-refractivity contribution in [1.82, 2.24) is 5.32 Å². The number of fused-ring (bicyclic) bond motifs is 1. The van der Waals surface area contributed by atoms with Crippen LogP contribution in [0, 0.1) is 5.92 Å². The zero-order chi connectivity index (χ0) is 4.91. The molecule has 2 nitrogen and oxygen atoms in total. The quantitative estimate of drug-likeness (QED) is 0.544. The Labute approximate surface area is 67.4 Å². The lowest BCUT2D eigenvalue weighted by molar-refractivity contribution is 0.664. The predicted molar refractivity (Wildman–Crippen MR) is 42.4 cm³/mol. The molecule has 0 aromatic carbocycles. The molecule has 0 bridgehead atoms. The van der Waals surface area contributed by atoms with Gasteiger partial charge in [0.1, 0.15) is 0 Å². The Balaban J connectivity index is 0.000000320. The van der Waals surface area contributed by atoms with Gasteiger partial charge in [-0.2, -0.15) is 0 Å². The van der Waals surface area contributed by atoms with Crippen LogP contribution in [0.4, 0.5) is 0 Å². The summed E-state index contributed by atoms with van der Waals surface area (Å²) in [7, 11) is 0. The second-order valence-corrected chi connectivity index (χ2v) is 2.77. The van der Waals surface area contributed by atoms with Gasteiger partial charge >= 0.3 is 0 Å². The molecule has 1 heterocycles. The summed E-state index contributed by atoms with van der Waals surface area (Å²) in [5.74, 6) is 0.826. The molecule has 56 valence electrons. The lowest BCUT2D eigenvalue weighted by Crippen LogP contribution is -2.29. The van der Waals surface area contributed by atoms with Crippen molar-refractivity contribution >= 4 is 24.8 Å². The maximum absolute atomic E-state index is 5.79. The molecule has 4 heteroatoms. The van der Waals surface area contributed by atoms with Crippen molar-refractivity contribution in [2.45, 2.75) is 12.0 Å². The molecule has 0 aromatic heterocycles. The largest absolute Gasteiger partial charge is 0.324 e. The molecule has 1 aliphatic heterocycles. The molecular formula is C5H12Cl2N2. The van der Waals surface area contributed by atoms with E-state index in [4.69, 9.17) is 5.73 Å². The highest BCUT2D eigenvalue weighted by atomic mass is 35.5. The van der Waals surface area contributed by atoms with Crippen LogP contribution in [0.15, 0.2) is 0 Å². The molecule has 9 heavy (non-hydrogen) atoms. The second kappa shape index (κ2) is 2.62. The van der Waals surface area contributed by atoms with E-state index in [0.717, 1.165) is 19.0 Å². The number of nitrogens with one attached hydrogen (secondary N) is 1. The molecule has 0 aromatic rings. The number of hydrogen-bond donors (Lipinski definition) is 2. The molecule has 2 atom stereocenters. The average Bonchev–Trinajstić information content (AvgIpc) is 2.09. The molecule has 0 spiro atoms. The monoisotopic (exact) mass is 170 g/mol. The van der Waals surface area contributed by atoms with E-state index in [1.807, 2.05) is 0 Å². The molecule has 1 saturated carbocycles. The van der Waals surface area contributed by atoms with Gasteiger partial charge in [0.15, 0.2) is 0 Å². The van der Waals surface area contributed by atoms with E-state index < -0.39 is 0 Å². The standard InChI is InChI=1S/C5H10N2.2ClH/c6-5-1-4(5)2-7-3-5;;/h4,7H,1-3,6H2;2*1H.